The Balaban J connectivity index is 1.71. The summed E-state index contributed by atoms with van der Waals surface area (Å²) in [4.78, 5) is 0. The Hall–Kier alpha value is -0.520. The molecule has 1 saturated heterocycles. The van der Waals surface area contributed by atoms with Gasteiger partial charge in [-0.1, -0.05) is 0 Å². The fraction of sp³-hybridized carbons (Fsp3) is 0.778. The molecule has 1 aliphatic rings. The second-order valence-electron chi connectivity index (χ2n) is 3.72. The Kier molecular flexibility index (Phi) is 3.44. The van der Waals surface area contributed by atoms with Gasteiger partial charge in [0.1, 0.15) is 0 Å². The normalized spacial score (nSPS) is 27.8. The molecule has 1 aliphatic heterocycles. The summed E-state index contributed by atoms with van der Waals surface area (Å²) in [5.74, 6) is 0. The van der Waals surface area contributed by atoms with Crippen LogP contribution in [0, 0.1) is 0 Å². The summed E-state index contributed by atoms with van der Waals surface area (Å²) >= 11 is 1.23. The van der Waals surface area contributed by atoms with Gasteiger partial charge in [-0.25, -0.2) is 0 Å². The van der Waals surface area contributed by atoms with Gasteiger partial charge in [0, 0.05) is 12.6 Å². The average molecular weight is 213 g/mol. The maximum atomic E-state index is 5.72. The molecule has 2 atom stereocenters. The van der Waals surface area contributed by atoms with E-state index in [1.807, 2.05) is 0 Å². The number of hydrogen-bond acceptors (Lipinski definition) is 5. The van der Waals surface area contributed by atoms with E-state index in [-0.39, 0.29) is 0 Å². The SMILES string of the molecule is CC1CCC(OCc2cnsn2)CN1. The first-order valence-corrected chi connectivity index (χ1v) is 5.69. The molecule has 5 heteroatoms. The van der Waals surface area contributed by atoms with Crippen molar-refractivity contribution in [1.82, 2.24) is 14.1 Å². The van der Waals surface area contributed by atoms with Crippen LogP contribution in [0.25, 0.3) is 0 Å². The molecule has 1 fully saturated rings. The Bertz CT molecular complexity index is 257. The maximum absolute atomic E-state index is 5.72. The number of ether oxygens (including phenoxy) is 1. The zero-order chi connectivity index (χ0) is 9.80. The van der Waals surface area contributed by atoms with Crippen molar-refractivity contribution in [3.05, 3.63) is 11.9 Å². The minimum Gasteiger partial charge on any atom is -0.371 e. The maximum Gasteiger partial charge on any atom is 0.1000 e. The van der Waals surface area contributed by atoms with Crippen LogP contribution in [0.1, 0.15) is 25.5 Å². The van der Waals surface area contributed by atoms with Crippen molar-refractivity contribution in [1.29, 1.82) is 0 Å². The predicted molar refractivity (Wildman–Crippen MR) is 55.2 cm³/mol. The number of nitrogens with zero attached hydrogens (tertiary/aromatic N) is 2. The minimum absolute atomic E-state index is 0.341. The van der Waals surface area contributed by atoms with Gasteiger partial charge in [-0.15, -0.1) is 0 Å². The van der Waals surface area contributed by atoms with Crippen LogP contribution in [-0.4, -0.2) is 27.4 Å². The highest BCUT2D eigenvalue weighted by molar-refractivity contribution is 6.99. The molecule has 14 heavy (non-hydrogen) atoms. The molecule has 1 aromatic rings. The summed E-state index contributed by atoms with van der Waals surface area (Å²) in [7, 11) is 0. The summed E-state index contributed by atoms with van der Waals surface area (Å²) in [6.45, 7) is 3.76. The van der Waals surface area contributed by atoms with Crippen LogP contribution >= 0.6 is 11.7 Å². The van der Waals surface area contributed by atoms with E-state index in [1.165, 1.54) is 18.1 Å². The van der Waals surface area contributed by atoms with Gasteiger partial charge in [-0.2, -0.15) is 8.75 Å². The van der Waals surface area contributed by atoms with Gasteiger partial charge in [-0.05, 0) is 19.8 Å². The van der Waals surface area contributed by atoms with E-state index < -0.39 is 0 Å². The lowest BCUT2D eigenvalue weighted by Crippen LogP contribution is -2.40. The summed E-state index contributed by atoms with van der Waals surface area (Å²) in [5, 5.41) is 3.40. The van der Waals surface area contributed by atoms with Crippen molar-refractivity contribution in [2.24, 2.45) is 0 Å². The third kappa shape index (κ3) is 2.73. The molecular weight excluding hydrogens is 198 g/mol. The molecular formula is C9H15N3OS. The van der Waals surface area contributed by atoms with Gasteiger partial charge in [0.25, 0.3) is 0 Å². The monoisotopic (exact) mass is 213 g/mol. The molecule has 0 spiro atoms. The number of hydrogen-bond donors (Lipinski definition) is 1. The lowest BCUT2D eigenvalue weighted by atomic mass is 10.0. The molecule has 0 amide bonds. The third-order valence-electron chi connectivity index (χ3n) is 2.49. The second-order valence-corrected chi connectivity index (χ2v) is 4.28. The predicted octanol–water partition coefficient (Wildman–Crippen LogP) is 1.20. The van der Waals surface area contributed by atoms with Crippen molar-refractivity contribution in [3.8, 4) is 0 Å². The third-order valence-corrected chi connectivity index (χ3v) is 3.01. The Morgan fingerprint density at radius 2 is 2.57 bits per heavy atom. The van der Waals surface area contributed by atoms with E-state index in [2.05, 4.69) is 21.0 Å². The molecule has 2 heterocycles. The quantitative estimate of drug-likeness (QED) is 0.819. The van der Waals surface area contributed by atoms with Gasteiger partial charge in [0.05, 0.1) is 36.3 Å². The molecule has 2 unspecified atom stereocenters. The van der Waals surface area contributed by atoms with E-state index in [0.29, 0.717) is 18.8 Å². The van der Waals surface area contributed by atoms with E-state index >= 15 is 0 Å². The first-order valence-electron chi connectivity index (χ1n) is 4.96. The fourth-order valence-electron chi connectivity index (χ4n) is 1.57. The molecule has 0 aliphatic carbocycles. The number of aromatic nitrogens is 2. The topological polar surface area (TPSA) is 47.0 Å². The molecule has 4 nitrogen and oxygen atoms in total. The fourth-order valence-corrected chi connectivity index (χ4v) is 1.99. The van der Waals surface area contributed by atoms with Gasteiger partial charge < -0.3 is 10.1 Å². The molecule has 0 radical (unpaired) electrons. The molecule has 0 bridgehead atoms. The first kappa shape index (κ1) is 10.0. The lowest BCUT2D eigenvalue weighted by molar-refractivity contribution is 0.0181. The van der Waals surface area contributed by atoms with Gasteiger partial charge in [-0.3, -0.25) is 0 Å². The molecule has 0 aromatic carbocycles. The van der Waals surface area contributed by atoms with Crippen LogP contribution in [0.5, 0.6) is 0 Å². The van der Waals surface area contributed by atoms with Crippen LogP contribution in [0.2, 0.25) is 0 Å². The zero-order valence-electron chi connectivity index (χ0n) is 8.27. The first-order chi connectivity index (χ1) is 6.84. The van der Waals surface area contributed by atoms with Crippen LogP contribution in [0.3, 0.4) is 0 Å². The van der Waals surface area contributed by atoms with E-state index in [4.69, 9.17) is 4.74 Å². The van der Waals surface area contributed by atoms with Crippen molar-refractivity contribution in [2.45, 2.75) is 38.5 Å². The van der Waals surface area contributed by atoms with Crippen LogP contribution in [-0.2, 0) is 11.3 Å². The lowest BCUT2D eigenvalue weighted by Gasteiger charge is -2.27. The van der Waals surface area contributed by atoms with Gasteiger partial charge >= 0.3 is 0 Å². The van der Waals surface area contributed by atoms with Crippen LogP contribution in [0.15, 0.2) is 6.20 Å². The highest BCUT2D eigenvalue weighted by Crippen LogP contribution is 2.12. The van der Waals surface area contributed by atoms with E-state index in [0.717, 1.165) is 18.7 Å². The summed E-state index contributed by atoms with van der Waals surface area (Å²) in [6, 6.07) is 0.635. The van der Waals surface area contributed by atoms with Crippen LogP contribution < -0.4 is 5.32 Å². The van der Waals surface area contributed by atoms with Gasteiger partial charge in [0.15, 0.2) is 0 Å². The van der Waals surface area contributed by atoms with E-state index in [1.54, 1.807) is 6.20 Å². The molecule has 1 aromatic heterocycles. The summed E-state index contributed by atoms with van der Waals surface area (Å²) in [5.41, 5.74) is 0.939. The van der Waals surface area contributed by atoms with Crippen molar-refractivity contribution < 1.29 is 4.74 Å². The molecule has 2 rings (SSSR count). The average Bonchev–Trinajstić information content (AvgIpc) is 2.70. The Morgan fingerprint density at radius 1 is 1.64 bits per heavy atom. The Morgan fingerprint density at radius 3 is 3.21 bits per heavy atom. The van der Waals surface area contributed by atoms with Crippen molar-refractivity contribution in [3.63, 3.8) is 0 Å². The Labute approximate surface area is 88.0 Å². The zero-order valence-corrected chi connectivity index (χ0v) is 9.09. The largest absolute Gasteiger partial charge is 0.371 e. The molecule has 1 N–H and O–H groups in total. The van der Waals surface area contributed by atoms with Crippen molar-refractivity contribution >= 4 is 11.7 Å². The highest BCUT2D eigenvalue weighted by atomic mass is 32.1. The standard InChI is InChI=1S/C9H15N3OS/c1-7-2-3-9(5-10-7)13-6-8-4-11-14-12-8/h4,7,9-10H,2-3,5-6H2,1H3. The van der Waals surface area contributed by atoms with E-state index in [9.17, 15) is 0 Å². The molecule has 78 valence electrons. The van der Waals surface area contributed by atoms with Gasteiger partial charge in [0.2, 0.25) is 0 Å². The molecule has 0 saturated carbocycles. The smallest absolute Gasteiger partial charge is 0.1000 e. The highest BCUT2D eigenvalue weighted by Gasteiger charge is 2.17. The number of rotatable bonds is 3. The number of piperidine rings is 1. The second kappa shape index (κ2) is 4.82. The number of nitrogens with one attached hydrogen (secondary N) is 1. The minimum atomic E-state index is 0.341. The summed E-state index contributed by atoms with van der Waals surface area (Å²) < 4.78 is 13.8. The summed E-state index contributed by atoms with van der Waals surface area (Å²) in [6.07, 6.45) is 4.45. The van der Waals surface area contributed by atoms with Crippen molar-refractivity contribution in [2.75, 3.05) is 6.54 Å². The van der Waals surface area contributed by atoms with Crippen LogP contribution in [0.4, 0.5) is 0 Å².